The van der Waals surface area contributed by atoms with Crippen molar-refractivity contribution in [2.75, 3.05) is 16.8 Å². The lowest BCUT2D eigenvalue weighted by Crippen LogP contribution is -2.28. The van der Waals surface area contributed by atoms with Crippen molar-refractivity contribution in [3.05, 3.63) is 69.8 Å². The summed E-state index contributed by atoms with van der Waals surface area (Å²) in [6, 6.07) is 14.4. The number of benzene rings is 2. The molecule has 2 amide bonds. The molecule has 1 N–H and O–H groups in total. The number of nitrogens with zero attached hydrogens (tertiary/aromatic N) is 3. The van der Waals surface area contributed by atoms with E-state index < -0.39 is 5.92 Å². The van der Waals surface area contributed by atoms with Crippen molar-refractivity contribution in [3.8, 4) is 5.69 Å². The zero-order valence-corrected chi connectivity index (χ0v) is 18.7. The van der Waals surface area contributed by atoms with Gasteiger partial charge in [-0.05, 0) is 48.5 Å². The van der Waals surface area contributed by atoms with E-state index in [4.69, 9.17) is 28.3 Å². The molecule has 31 heavy (non-hydrogen) atoms. The fourth-order valence-corrected chi connectivity index (χ4v) is 5.17. The number of rotatable bonds is 4. The highest BCUT2D eigenvalue weighted by Crippen LogP contribution is 2.37. The summed E-state index contributed by atoms with van der Waals surface area (Å²) in [6.07, 6.45) is 0.167. The smallest absolute Gasteiger partial charge is 0.230 e. The number of thioether (sulfide) groups is 1. The standard InChI is InChI=1S/C22H18Cl2N4O2S/c23-14-1-5-16(6-2-14)27-10-13(9-20(27)29)22(30)25-21-18-11-31-12-19(18)26-28(21)17-7-3-15(24)4-8-17/h1-8,13H,9-12H2,(H,25,30). The Morgan fingerprint density at radius 2 is 1.65 bits per heavy atom. The maximum atomic E-state index is 13.1. The van der Waals surface area contributed by atoms with Crippen molar-refractivity contribution >= 4 is 58.3 Å². The highest BCUT2D eigenvalue weighted by Gasteiger charge is 2.36. The normalized spacial score (nSPS) is 17.8. The van der Waals surface area contributed by atoms with Crippen LogP contribution in [-0.4, -0.2) is 28.1 Å². The lowest BCUT2D eigenvalue weighted by atomic mass is 10.1. The van der Waals surface area contributed by atoms with E-state index in [1.807, 2.05) is 12.1 Å². The topological polar surface area (TPSA) is 67.2 Å². The minimum atomic E-state index is -0.443. The van der Waals surface area contributed by atoms with Crippen LogP contribution in [0.15, 0.2) is 48.5 Å². The number of hydrogen-bond acceptors (Lipinski definition) is 4. The molecule has 3 aromatic rings. The molecule has 0 aliphatic carbocycles. The number of halogens is 2. The Hall–Kier alpha value is -2.48. The van der Waals surface area contributed by atoms with Crippen LogP contribution in [0.5, 0.6) is 0 Å². The molecule has 1 unspecified atom stereocenters. The van der Waals surface area contributed by atoms with E-state index in [9.17, 15) is 9.59 Å². The zero-order chi connectivity index (χ0) is 21.5. The summed E-state index contributed by atoms with van der Waals surface area (Å²) in [5.74, 6) is 1.57. The molecule has 0 spiro atoms. The second kappa shape index (κ2) is 8.22. The van der Waals surface area contributed by atoms with Crippen molar-refractivity contribution in [2.24, 2.45) is 5.92 Å². The Morgan fingerprint density at radius 3 is 2.32 bits per heavy atom. The summed E-state index contributed by atoms with van der Waals surface area (Å²) >= 11 is 13.7. The fraction of sp³-hybridized carbons (Fsp3) is 0.227. The van der Waals surface area contributed by atoms with E-state index in [-0.39, 0.29) is 18.2 Å². The van der Waals surface area contributed by atoms with E-state index in [0.29, 0.717) is 22.4 Å². The van der Waals surface area contributed by atoms with Crippen LogP contribution in [0, 0.1) is 5.92 Å². The number of hydrogen-bond donors (Lipinski definition) is 1. The van der Waals surface area contributed by atoms with Gasteiger partial charge in [-0.3, -0.25) is 9.59 Å². The molecule has 1 aromatic heterocycles. The van der Waals surface area contributed by atoms with Gasteiger partial charge in [0.25, 0.3) is 0 Å². The van der Waals surface area contributed by atoms with Crippen molar-refractivity contribution < 1.29 is 9.59 Å². The van der Waals surface area contributed by atoms with Crippen LogP contribution >= 0.6 is 35.0 Å². The monoisotopic (exact) mass is 472 g/mol. The van der Waals surface area contributed by atoms with Crippen LogP contribution in [0.1, 0.15) is 17.7 Å². The first-order valence-corrected chi connectivity index (χ1v) is 11.7. The minimum Gasteiger partial charge on any atom is -0.312 e. The molecular formula is C22H18Cl2N4O2S. The minimum absolute atomic E-state index is 0.0746. The van der Waals surface area contributed by atoms with E-state index in [1.54, 1.807) is 57.7 Å². The van der Waals surface area contributed by atoms with Gasteiger partial charge >= 0.3 is 0 Å². The molecule has 158 valence electrons. The number of amides is 2. The summed E-state index contributed by atoms with van der Waals surface area (Å²) < 4.78 is 1.76. The molecule has 5 rings (SSSR count). The predicted molar refractivity (Wildman–Crippen MR) is 124 cm³/mol. The van der Waals surface area contributed by atoms with Gasteiger partial charge in [0, 0.05) is 45.8 Å². The molecule has 2 aliphatic rings. The largest absolute Gasteiger partial charge is 0.312 e. The number of carbonyl (C=O) groups excluding carboxylic acids is 2. The number of nitrogens with one attached hydrogen (secondary N) is 1. The Labute approximate surface area is 193 Å². The summed E-state index contributed by atoms with van der Waals surface area (Å²) in [5.41, 5.74) is 3.57. The molecule has 1 fully saturated rings. The third-order valence-corrected chi connectivity index (χ3v) is 6.97. The Bertz CT molecular complexity index is 1160. The van der Waals surface area contributed by atoms with E-state index in [1.165, 1.54) is 0 Å². The maximum absolute atomic E-state index is 13.1. The van der Waals surface area contributed by atoms with Crippen molar-refractivity contribution in [1.82, 2.24) is 9.78 Å². The molecule has 1 saturated heterocycles. The lowest BCUT2D eigenvalue weighted by Gasteiger charge is -2.17. The second-order valence-electron chi connectivity index (χ2n) is 7.53. The average Bonchev–Trinajstić information content (AvgIpc) is 3.45. The van der Waals surface area contributed by atoms with Gasteiger partial charge in [-0.15, -0.1) is 0 Å². The summed E-state index contributed by atoms with van der Waals surface area (Å²) in [7, 11) is 0. The van der Waals surface area contributed by atoms with Crippen LogP contribution in [0.3, 0.4) is 0 Å². The van der Waals surface area contributed by atoms with Crippen molar-refractivity contribution in [1.29, 1.82) is 0 Å². The zero-order valence-electron chi connectivity index (χ0n) is 16.3. The van der Waals surface area contributed by atoms with E-state index >= 15 is 0 Å². The molecule has 2 aromatic carbocycles. The molecule has 3 heterocycles. The molecule has 0 saturated carbocycles. The van der Waals surface area contributed by atoms with Crippen LogP contribution in [0.2, 0.25) is 10.0 Å². The van der Waals surface area contributed by atoms with Gasteiger partial charge in [-0.1, -0.05) is 23.2 Å². The van der Waals surface area contributed by atoms with Crippen LogP contribution in [-0.2, 0) is 21.1 Å². The second-order valence-corrected chi connectivity index (χ2v) is 9.38. The van der Waals surface area contributed by atoms with E-state index in [2.05, 4.69) is 5.32 Å². The van der Waals surface area contributed by atoms with Crippen molar-refractivity contribution in [2.45, 2.75) is 17.9 Å². The predicted octanol–water partition coefficient (Wildman–Crippen LogP) is 4.92. The van der Waals surface area contributed by atoms with Crippen molar-refractivity contribution in [3.63, 3.8) is 0 Å². The van der Waals surface area contributed by atoms with Crippen LogP contribution < -0.4 is 10.2 Å². The molecule has 2 aliphatic heterocycles. The third kappa shape index (κ3) is 3.93. The summed E-state index contributed by atoms with van der Waals surface area (Å²) in [6.45, 7) is 0.332. The fourth-order valence-electron chi connectivity index (χ4n) is 3.88. The Morgan fingerprint density at radius 1 is 1.00 bits per heavy atom. The molecule has 0 radical (unpaired) electrons. The van der Waals surface area contributed by atoms with Gasteiger partial charge in [0.1, 0.15) is 5.82 Å². The first-order chi connectivity index (χ1) is 15.0. The molecule has 6 nitrogen and oxygen atoms in total. The highest BCUT2D eigenvalue weighted by atomic mass is 35.5. The first-order valence-electron chi connectivity index (χ1n) is 9.81. The molecule has 1 atom stereocenters. The maximum Gasteiger partial charge on any atom is 0.230 e. The van der Waals surface area contributed by atoms with Crippen LogP contribution in [0.4, 0.5) is 11.5 Å². The highest BCUT2D eigenvalue weighted by molar-refractivity contribution is 7.98. The van der Waals surface area contributed by atoms with Gasteiger partial charge in [0.15, 0.2) is 0 Å². The quantitative estimate of drug-likeness (QED) is 0.585. The lowest BCUT2D eigenvalue weighted by molar-refractivity contribution is -0.122. The number of aromatic nitrogens is 2. The molecule has 0 bridgehead atoms. The molecular weight excluding hydrogens is 455 g/mol. The third-order valence-electron chi connectivity index (χ3n) is 5.50. The van der Waals surface area contributed by atoms with Gasteiger partial charge in [-0.25, -0.2) is 4.68 Å². The van der Waals surface area contributed by atoms with Gasteiger partial charge < -0.3 is 10.2 Å². The Balaban J connectivity index is 1.39. The summed E-state index contributed by atoms with van der Waals surface area (Å²) in [5, 5.41) is 9.01. The first kappa shape index (κ1) is 20.4. The molecule has 9 heteroatoms. The van der Waals surface area contributed by atoms with E-state index in [0.717, 1.165) is 34.1 Å². The SMILES string of the molecule is O=C(Nc1c2c(nn1-c1ccc(Cl)cc1)CSC2)C1CC(=O)N(c2ccc(Cl)cc2)C1. The number of fused-ring (bicyclic) bond motifs is 1. The summed E-state index contributed by atoms with van der Waals surface area (Å²) in [4.78, 5) is 27.3. The average molecular weight is 473 g/mol. The Kier molecular flexibility index (Phi) is 5.42. The van der Waals surface area contributed by atoms with Gasteiger partial charge in [0.2, 0.25) is 11.8 Å². The van der Waals surface area contributed by atoms with Gasteiger partial charge in [-0.2, -0.15) is 16.9 Å². The van der Waals surface area contributed by atoms with Gasteiger partial charge in [0.05, 0.1) is 17.3 Å². The number of carbonyl (C=O) groups is 2. The van der Waals surface area contributed by atoms with Crippen LogP contribution in [0.25, 0.3) is 5.69 Å². The number of anilines is 2.